The summed E-state index contributed by atoms with van der Waals surface area (Å²) in [5.41, 5.74) is 4.79. The average molecular weight is 446 g/mol. The zero-order chi connectivity index (χ0) is 22.8. The Hall–Kier alpha value is -2.12. The number of pyridine rings is 1. The van der Waals surface area contributed by atoms with Crippen LogP contribution in [-0.4, -0.2) is 24.3 Å². The van der Waals surface area contributed by atoms with Crippen LogP contribution >= 0.6 is 11.9 Å². The van der Waals surface area contributed by atoms with Crippen molar-refractivity contribution >= 4 is 23.5 Å². The third-order valence-corrected chi connectivity index (χ3v) is 6.57. The minimum absolute atomic E-state index is 0.0391. The highest BCUT2D eigenvalue weighted by molar-refractivity contribution is 7.99. The lowest BCUT2D eigenvalue weighted by atomic mass is 9.85. The first-order valence-electron chi connectivity index (χ1n) is 10.6. The van der Waals surface area contributed by atoms with Gasteiger partial charge in [-0.2, -0.15) is 0 Å². The van der Waals surface area contributed by atoms with Gasteiger partial charge in [-0.1, -0.05) is 18.0 Å². The summed E-state index contributed by atoms with van der Waals surface area (Å²) in [6.45, 7) is 7.74. The standard InChI is InChI=1S/C24H32FN3O2S/c1-14-11-18(19(25)13-21(14)28-31-6)15(2)26-23(29)17-7-9-20-16(12-17)8-10-22(27-20)24(3,4)30-5/h8,10-11,13,15,17,28H,7,9,12H2,1-6H3,(H,26,29). The van der Waals surface area contributed by atoms with Gasteiger partial charge in [0, 0.05) is 36.2 Å². The van der Waals surface area contributed by atoms with E-state index in [1.807, 2.05) is 40.0 Å². The largest absolute Gasteiger partial charge is 0.373 e. The molecular weight excluding hydrogens is 413 g/mol. The summed E-state index contributed by atoms with van der Waals surface area (Å²) in [5, 5.41) is 3.02. The van der Waals surface area contributed by atoms with Crippen LogP contribution in [0.25, 0.3) is 0 Å². The van der Waals surface area contributed by atoms with E-state index in [1.54, 1.807) is 13.2 Å². The first-order valence-corrected chi connectivity index (χ1v) is 11.8. The highest BCUT2D eigenvalue weighted by atomic mass is 32.2. The fourth-order valence-electron chi connectivity index (χ4n) is 3.94. The molecule has 0 radical (unpaired) electrons. The summed E-state index contributed by atoms with van der Waals surface area (Å²) in [6.07, 6.45) is 4.02. The van der Waals surface area contributed by atoms with Gasteiger partial charge < -0.3 is 14.8 Å². The van der Waals surface area contributed by atoms with E-state index in [1.165, 1.54) is 18.0 Å². The van der Waals surface area contributed by atoms with Gasteiger partial charge in [-0.3, -0.25) is 9.78 Å². The second kappa shape index (κ2) is 9.57. The zero-order valence-corrected chi connectivity index (χ0v) is 20.0. The number of hydrogen-bond donors (Lipinski definition) is 2. The van der Waals surface area contributed by atoms with Crippen molar-refractivity contribution in [3.8, 4) is 0 Å². The van der Waals surface area contributed by atoms with Crippen LogP contribution in [0, 0.1) is 18.7 Å². The smallest absolute Gasteiger partial charge is 0.223 e. The molecule has 2 aromatic rings. The number of nitrogens with zero attached hydrogens (tertiary/aromatic N) is 1. The summed E-state index contributed by atoms with van der Waals surface area (Å²) in [4.78, 5) is 17.7. The molecule has 0 saturated carbocycles. The molecule has 0 fully saturated rings. The first-order chi connectivity index (χ1) is 14.7. The molecule has 2 N–H and O–H groups in total. The number of fused-ring (bicyclic) bond motifs is 1. The fraction of sp³-hybridized carbons (Fsp3) is 0.500. The molecule has 0 aliphatic heterocycles. The van der Waals surface area contributed by atoms with Crippen LogP contribution in [0.3, 0.4) is 0 Å². The Labute approximate surface area is 188 Å². The molecule has 0 spiro atoms. The number of rotatable bonds is 7. The number of methoxy groups -OCH3 is 1. The lowest BCUT2D eigenvalue weighted by molar-refractivity contribution is -0.126. The van der Waals surface area contributed by atoms with Gasteiger partial charge in [0.15, 0.2) is 0 Å². The minimum atomic E-state index is -0.443. The minimum Gasteiger partial charge on any atom is -0.373 e. The lowest BCUT2D eigenvalue weighted by Gasteiger charge is -2.28. The first kappa shape index (κ1) is 23.5. The molecule has 0 bridgehead atoms. The molecule has 2 unspecified atom stereocenters. The third-order valence-electron chi connectivity index (χ3n) is 6.14. The molecule has 31 heavy (non-hydrogen) atoms. The number of carbonyl (C=O) groups is 1. The molecule has 1 heterocycles. The van der Waals surface area contributed by atoms with Gasteiger partial charge in [-0.25, -0.2) is 4.39 Å². The van der Waals surface area contributed by atoms with Crippen LogP contribution in [-0.2, 0) is 28.0 Å². The van der Waals surface area contributed by atoms with Gasteiger partial charge in [0.05, 0.1) is 11.7 Å². The van der Waals surface area contributed by atoms with Crippen molar-refractivity contribution in [3.63, 3.8) is 0 Å². The van der Waals surface area contributed by atoms with Crippen molar-refractivity contribution < 1.29 is 13.9 Å². The summed E-state index contributed by atoms with van der Waals surface area (Å²) >= 11 is 1.42. The molecule has 7 heteroatoms. The monoisotopic (exact) mass is 445 g/mol. The zero-order valence-electron chi connectivity index (χ0n) is 19.1. The Kier molecular flexibility index (Phi) is 7.27. The highest BCUT2D eigenvalue weighted by Crippen LogP contribution is 2.30. The van der Waals surface area contributed by atoms with Crippen molar-refractivity contribution in [2.24, 2.45) is 5.92 Å². The number of hydrogen-bond acceptors (Lipinski definition) is 5. The number of halogens is 1. The van der Waals surface area contributed by atoms with Crippen LogP contribution in [0.2, 0.25) is 0 Å². The molecule has 1 aromatic heterocycles. The lowest BCUT2D eigenvalue weighted by Crippen LogP contribution is -2.36. The molecule has 168 valence electrons. The van der Waals surface area contributed by atoms with Gasteiger partial charge in [-0.05, 0) is 76.3 Å². The number of amides is 1. The SMILES string of the molecule is COC(C)(C)c1ccc2c(n1)CCC(C(=O)NC(C)c1cc(C)c(NSC)cc1F)C2. The number of ether oxygens (including phenoxy) is 1. The van der Waals surface area contributed by atoms with Crippen LogP contribution < -0.4 is 10.0 Å². The van der Waals surface area contributed by atoms with Crippen LogP contribution in [0.1, 0.15) is 61.3 Å². The topological polar surface area (TPSA) is 63.2 Å². The maximum Gasteiger partial charge on any atom is 0.223 e. The van der Waals surface area contributed by atoms with Crippen LogP contribution in [0.5, 0.6) is 0 Å². The quantitative estimate of drug-likeness (QED) is 0.582. The Balaban J connectivity index is 1.69. The molecule has 2 atom stereocenters. The number of nitrogens with one attached hydrogen (secondary N) is 2. The fourth-order valence-corrected chi connectivity index (χ4v) is 4.38. The van der Waals surface area contributed by atoms with E-state index in [0.717, 1.165) is 41.0 Å². The molecule has 0 saturated heterocycles. The highest BCUT2D eigenvalue weighted by Gasteiger charge is 2.29. The number of benzene rings is 1. The van der Waals surface area contributed by atoms with Gasteiger partial charge in [0.25, 0.3) is 0 Å². The number of aryl methyl sites for hydroxylation is 2. The Morgan fingerprint density at radius 3 is 2.77 bits per heavy atom. The normalized spacial score (nSPS) is 17.1. The molecule has 1 aromatic carbocycles. The van der Waals surface area contributed by atoms with E-state index in [9.17, 15) is 9.18 Å². The summed E-state index contributed by atoms with van der Waals surface area (Å²) in [5.74, 6) is -0.496. The van der Waals surface area contributed by atoms with Crippen molar-refractivity contribution in [2.75, 3.05) is 18.1 Å². The second-order valence-electron chi connectivity index (χ2n) is 8.68. The maximum absolute atomic E-state index is 14.6. The van der Waals surface area contributed by atoms with Gasteiger partial charge in [-0.15, -0.1) is 0 Å². The van der Waals surface area contributed by atoms with Crippen LogP contribution in [0.4, 0.5) is 10.1 Å². The van der Waals surface area contributed by atoms with E-state index in [-0.39, 0.29) is 17.6 Å². The summed E-state index contributed by atoms with van der Waals surface area (Å²) < 4.78 is 23.3. The Morgan fingerprint density at radius 2 is 2.10 bits per heavy atom. The summed E-state index contributed by atoms with van der Waals surface area (Å²) in [7, 11) is 1.68. The Bertz CT molecular complexity index is 964. The number of anilines is 1. The number of aromatic nitrogens is 1. The Morgan fingerprint density at radius 1 is 1.35 bits per heavy atom. The van der Waals surface area contributed by atoms with E-state index >= 15 is 0 Å². The van der Waals surface area contributed by atoms with Crippen molar-refractivity contribution in [2.45, 2.75) is 58.6 Å². The maximum atomic E-state index is 14.6. The predicted octanol–water partition coefficient (Wildman–Crippen LogP) is 5.08. The van der Waals surface area contributed by atoms with Crippen molar-refractivity contribution in [3.05, 3.63) is 58.2 Å². The molecule has 1 amide bonds. The van der Waals surface area contributed by atoms with E-state index < -0.39 is 11.6 Å². The van der Waals surface area contributed by atoms with Crippen LogP contribution in [0.15, 0.2) is 24.3 Å². The van der Waals surface area contributed by atoms with Gasteiger partial charge >= 0.3 is 0 Å². The predicted molar refractivity (Wildman–Crippen MR) is 125 cm³/mol. The van der Waals surface area contributed by atoms with Crippen molar-refractivity contribution in [1.29, 1.82) is 0 Å². The molecule has 1 aliphatic carbocycles. The molecule has 1 aliphatic rings. The average Bonchev–Trinajstić information content (AvgIpc) is 2.75. The van der Waals surface area contributed by atoms with Gasteiger partial charge in [0.1, 0.15) is 11.4 Å². The van der Waals surface area contributed by atoms with Gasteiger partial charge in [0.2, 0.25) is 5.91 Å². The van der Waals surface area contributed by atoms with Crippen molar-refractivity contribution in [1.82, 2.24) is 10.3 Å². The van der Waals surface area contributed by atoms with E-state index in [0.29, 0.717) is 12.0 Å². The molecule has 5 nitrogen and oxygen atoms in total. The second-order valence-corrected chi connectivity index (χ2v) is 9.29. The third kappa shape index (κ3) is 5.21. The molecule has 3 rings (SSSR count). The van der Waals surface area contributed by atoms with E-state index in [2.05, 4.69) is 16.1 Å². The summed E-state index contributed by atoms with van der Waals surface area (Å²) in [6, 6.07) is 6.93. The number of carbonyl (C=O) groups excluding carboxylic acids is 1. The van der Waals surface area contributed by atoms with E-state index in [4.69, 9.17) is 9.72 Å². The molecular formula is C24H32FN3O2S.